The van der Waals surface area contributed by atoms with Gasteiger partial charge < -0.3 is 9.84 Å². The standard InChI is InChI=1S/C9H18O2.C2HF3O2/c1-4-5-6-7-8(2)9(10)11-3;3-2(4,5)1(6)7/h8H,4-7H2,1-3H3;(H,6,7). The van der Waals surface area contributed by atoms with Crippen LogP contribution in [0.15, 0.2) is 0 Å². The van der Waals surface area contributed by atoms with Crippen molar-refractivity contribution in [3.8, 4) is 0 Å². The summed E-state index contributed by atoms with van der Waals surface area (Å²) in [6.07, 6.45) is -0.581. The summed E-state index contributed by atoms with van der Waals surface area (Å²) in [4.78, 5) is 19.8. The van der Waals surface area contributed by atoms with Crippen molar-refractivity contribution in [3.05, 3.63) is 0 Å². The number of halogens is 3. The summed E-state index contributed by atoms with van der Waals surface area (Å²) < 4.78 is 36.3. The smallest absolute Gasteiger partial charge is 0.475 e. The van der Waals surface area contributed by atoms with Crippen molar-refractivity contribution in [2.45, 2.75) is 45.7 Å². The number of ether oxygens (including phenoxy) is 1. The molecule has 0 aromatic heterocycles. The second-order valence-corrected chi connectivity index (χ2v) is 3.72. The highest BCUT2D eigenvalue weighted by Crippen LogP contribution is 2.13. The minimum Gasteiger partial charge on any atom is -0.475 e. The number of alkyl halides is 3. The molecular formula is C11H19F3O4. The average molecular weight is 272 g/mol. The Morgan fingerprint density at radius 2 is 1.72 bits per heavy atom. The van der Waals surface area contributed by atoms with Crippen LogP contribution in [0.4, 0.5) is 13.2 Å². The van der Waals surface area contributed by atoms with Crippen molar-refractivity contribution in [3.63, 3.8) is 0 Å². The summed E-state index contributed by atoms with van der Waals surface area (Å²) in [5, 5.41) is 7.12. The Labute approximate surface area is 104 Å². The summed E-state index contributed by atoms with van der Waals surface area (Å²) >= 11 is 0. The average Bonchev–Trinajstić information content (AvgIpc) is 2.27. The van der Waals surface area contributed by atoms with E-state index < -0.39 is 12.1 Å². The Balaban J connectivity index is 0. The predicted molar refractivity (Wildman–Crippen MR) is 59.0 cm³/mol. The second kappa shape index (κ2) is 9.73. The van der Waals surface area contributed by atoms with Gasteiger partial charge in [-0.15, -0.1) is 0 Å². The molecule has 1 N–H and O–H groups in total. The van der Waals surface area contributed by atoms with E-state index in [0.717, 1.165) is 12.8 Å². The number of rotatable bonds is 5. The molecular weight excluding hydrogens is 253 g/mol. The summed E-state index contributed by atoms with van der Waals surface area (Å²) in [5.74, 6) is -2.76. The van der Waals surface area contributed by atoms with E-state index >= 15 is 0 Å². The van der Waals surface area contributed by atoms with Crippen LogP contribution in [0.2, 0.25) is 0 Å². The van der Waals surface area contributed by atoms with Crippen molar-refractivity contribution < 1.29 is 32.6 Å². The van der Waals surface area contributed by atoms with Gasteiger partial charge in [0.2, 0.25) is 0 Å². The van der Waals surface area contributed by atoms with Crippen LogP contribution in [0.5, 0.6) is 0 Å². The van der Waals surface area contributed by atoms with Gasteiger partial charge in [-0.3, -0.25) is 4.79 Å². The van der Waals surface area contributed by atoms with Crippen molar-refractivity contribution in [1.29, 1.82) is 0 Å². The van der Waals surface area contributed by atoms with Gasteiger partial charge in [0.1, 0.15) is 0 Å². The van der Waals surface area contributed by atoms with Gasteiger partial charge >= 0.3 is 18.1 Å². The first kappa shape index (κ1) is 19.1. The number of carbonyl (C=O) groups is 2. The largest absolute Gasteiger partial charge is 0.490 e. The quantitative estimate of drug-likeness (QED) is 0.617. The number of hydrogen-bond acceptors (Lipinski definition) is 3. The lowest BCUT2D eigenvalue weighted by atomic mass is 10.0. The normalized spacial score (nSPS) is 12.1. The maximum absolute atomic E-state index is 10.9. The van der Waals surface area contributed by atoms with Crippen molar-refractivity contribution in [1.82, 2.24) is 0 Å². The lowest BCUT2D eigenvalue weighted by molar-refractivity contribution is -0.192. The zero-order valence-corrected chi connectivity index (χ0v) is 10.7. The SMILES string of the molecule is CCCCCC(C)C(=O)OC.O=C(O)C(F)(F)F. The minimum atomic E-state index is -5.08. The number of aliphatic carboxylic acids is 1. The molecule has 0 radical (unpaired) electrons. The van der Waals surface area contributed by atoms with Gasteiger partial charge in [-0.2, -0.15) is 13.2 Å². The van der Waals surface area contributed by atoms with Gasteiger partial charge in [0, 0.05) is 0 Å². The zero-order chi connectivity index (χ0) is 14.8. The molecule has 0 aliphatic heterocycles. The maximum Gasteiger partial charge on any atom is 0.490 e. The zero-order valence-electron chi connectivity index (χ0n) is 10.7. The molecule has 108 valence electrons. The van der Waals surface area contributed by atoms with Crippen LogP contribution >= 0.6 is 0 Å². The molecule has 0 aliphatic carbocycles. The van der Waals surface area contributed by atoms with Crippen molar-refractivity contribution in [2.75, 3.05) is 7.11 Å². The predicted octanol–water partition coefficient (Wildman–Crippen LogP) is 3.01. The molecule has 0 amide bonds. The highest BCUT2D eigenvalue weighted by Gasteiger charge is 2.38. The highest BCUT2D eigenvalue weighted by molar-refractivity contribution is 5.73. The van der Waals surface area contributed by atoms with E-state index in [1.807, 2.05) is 6.92 Å². The fraction of sp³-hybridized carbons (Fsp3) is 0.818. The van der Waals surface area contributed by atoms with Crippen LogP contribution < -0.4 is 0 Å². The van der Waals surface area contributed by atoms with E-state index in [1.54, 1.807) is 0 Å². The van der Waals surface area contributed by atoms with Gasteiger partial charge in [0.15, 0.2) is 0 Å². The molecule has 4 nitrogen and oxygen atoms in total. The molecule has 1 atom stereocenters. The summed E-state index contributed by atoms with van der Waals surface area (Å²) in [5.41, 5.74) is 0. The Morgan fingerprint density at radius 3 is 2.00 bits per heavy atom. The lowest BCUT2D eigenvalue weighted by Gasteiger charge is -2.07. The minimum absolute atomic E-state index is 0.0755. The molecule has 0 saturated heterocycles. The van der Waals surface area contributed by atoms with E-state index in [4.69, 9.17) is 9.90 Å². The van der Waals surface area contributed by atoms with Crippen LogP contribution in [0.3, 0.4) is 0 Å². The summed E-state index contributed by atoms with van der Waals surface area (Å²) in [6.45, 7) is 4.07. The number of methoxy groups -OCH3 is 1. The number of carboxylic acid groups (broad SMARTS) is 1. The molecule has 0 saturated carbocycles. The third-order valence-electron chi connectivity index (χ3n) is 2.09. The topological polar surface area (TPSA) is 63.6 Å². The van der Waals surface area contributed by atoms with Gasteiger partial charge in [-0.25, -0.2) is 4.79 Å². The van der Waals surface area contributed by atoms with E-state index in [9.17, 15) is 18.0 Å². The van der Waals surface area contributed by atoms with Gasteiger partial charge in [0.25, 0.3) is 0 Å². The molecule has 0 aromatic rings. The second-order valence-electron chi connectivity index (χ2n) is 3.72. The first-order valence-electron chi connectivity index (χ1n) is 5.54. The molecule has 0 aromatic carbocycles. The van der Waals surface area contributed by atoms with Crippen LogP contribution in [0.25, 0.3) is 0 Å². The maximum atomic E-state index is 10.9. The Hall–Kier alpha value is -1.27. The third kappa shape index (κ3) is 11.2. The first-order chi connectivity index (χ1) is 8.16. The number of esters is 1. The first-order valence-corrected chi connectivity index (χ1v) is 5.54. The molecule has 7 heteroatoms. The molecule has 1 unspecified atom stereocenters. The molecule has 0 heterocycles. The molecule has 0 aliphatic rings. The highest BCUT2D eigenvalue weighted by atomic mass is 19.4. The Bertz CT molecular complexity index is 251. The van der Waals surface area contributed by atoms with Crippen LogP contribution in [-0.4, -0.2) is 30.3 Å². The Kier molecular flexibility index (Phi) is 10.3. The van der Waals surface area contributed by atoms with Gasteiger partial charge in [-0.1, -0.05) is 33.1 Å². The number of carbonyl (C=O) groups excluding carboxylic acids is 1. The van der Waals surface area contributed by atoms with Crippen molar-refractivity contribution in [2.24, 2.45) is 5.92 Å². The van der Waals surface area contributed by atoms with Crippen molar-refractivity contribution >= 4 is 11.9 Å². The van der Waals surface area contributed by atoms with E-state index in [2.05, 4.69) is 11.7 Å². The molecule has 18 heavy (non-hydrogen) atoms. The molecule has 0 fully saturated rings. The lowest BCUT2D eigenvalue weighted by Crippen LogP contribution is -2.21. The van der Waals surface area contributed by atoms with E-state index in [0.29, 0.717) is 0 Å². The molecule has 0 spiro atoms. The fourth-order valence-electron chi connectivity index (χ4n) is 1.02. The summed E-state index contributed by atoms with van der Waals surface area (Å²) in [6, 6.07) is 0. The Morgan fingerprint density at radius 1 is 1.28 bits per heavy atom. The van der Waals surface area contributed by atoms with E-state index in [-0.39, 0.29) is 11.9 Å². The molecule has 0 bridgehead atoms. The van der Waals surface area contributed by atoms with E-state index in [1.165, 1.54) is 20.0 Å². The van der Waals surface area contributed by atoms with Crippen LogP contribution in [0, 0.1) is 5.92 Å². The number of unbranched alkanes of at least 4 members (excludes halogenated alkanes) is 2. The fourth-order valence-corrected chi connectivity index (χ4v) is 1.02. The van der Waals surface area contributed by atoms with Crippen LogP contribution in [0.1, 0.15) is 39.5 Å². The molecule has 0 rings (SSSR count). The van der Waals surface area contributed by atoms with Gasteiger partial charge in [0.05, 0.1) is 13.0 Å². The van der Waals surface area contributed by atoms with Crippen LogP contribution in [-0.2, 0) is 14.3 Å². The number of hydrogen-bond donors (Lipinski definition) is 1. The monoisotopic (exact) mass is 272 g/mol. The third-order valence-corrected chi connectivity index (χ3v) is 2.09. The summed E-state index contributed by atoms with van der Waals surface area (Å²) in [7, 11) is 1.44. The number of carboxylic acids is 1. The van der Waals surface area contributed by atoms with Gasteiger partial charge in [-0.05, 0) is 6.42 Å².